The first-order valence-corrected chi connectivity index (χ1v) is 5.84. The topological polar surface area (TPSA) is 37.4 Å². The number of hydrogen-bond acceptors (Lipinski definition) is 3. The van der Waals surface area contributed by atoms with Crippen LogP contribution in [-0.4, -0.2) is 26.3 Å². The van der Waals surface area contributed by atoms with Crippen molar-refractivity contribution in [3.63, 3.8) is 0 Å². The zero-order valence-electron chi connectivity index (χ0n) is 7.10. The molecule has 1 rings (SSSR count). The maximum atomic E-state index is 11.6. The highest BCUT2D eigenvalue weighted by Gasteiger charge is 2.20. The molecule has 70 valence electrons. The molecular weight excluding hydrogens is 206 g/mol. The summed E-state index contributed by atoms with van der Waals surface area (Å²) in [6, 6.07) is 3.26. The van der Waals surface area contributed by atoms with Gasteiger partial charge >= 0.3 is 0 Å². The molecular formula is C8H9NO2S2. The number of nitrogens with zero attached hydrogens (tertiary/aromatic N) is 1. The van der Waals surface area contributed by atoms with Crippen LogP contribution in [0.15, 0.2) is 21.7 Å². The van der Waals surface area contributed by atoms with Gasteiger partial charge in [0.05, 0.1) is 6.54 Å². The third-order valence-electron chi connectivity index (χ3n) is 1.47. The van der Waals surface area contributed by atoms with E-state index in [4.69, 9.17) is 6.42 Å². The molecule has 0 aliphatic rings. The largest absolute Gasteiger partial charge is 0.253 e. The van der Waals surface area contributed by atoms with Gasteiger partial charge in [0.25, 0.3) is 10.0 Å². The minimum Gasteiger partial charge on any atom is -0.206 e. The van der Waals surface area contributed by atoms with Crippen molar-refractivity contribution >= 4 is 21.4 Å². The first kappa shape index (κ1) is 10.3. The zero-order chi connectivity index (χ0) is 9.90. The van der Waals surface area contributed by atoms with Gasteiger partial charge in [0.2, 0.25) is 0 Å². The Morgan fingerprint density at radius 3 is 2.85 bits per heavy atom. The molecule has 1 aromatic heterocycles. The van der Waals surface area contributed by atoms with Gasteiger partial charge in [0, 0.05) is 7.05 Å². The van der Waals surface area contributed by atoms with Crippen LogP contribution in [0.25, 0.3) is 0 Å². The van der Waals surface area contributed by atoms with E-state index in [9.17, 15) is 8.42 Å². The monoisotopic (exact) mass is 215 g/mol. The minimum absolute atomic E-state index is 0.0975. The van der Waals surface area contributed by atoms with E-state index in [2.05, 4.69) is 5.92 Å². The molecule has 0 radical (unpaired) electrons. The second kappa shape index (κ2) is 3.92. The highest BCUT2D eigenvalue weighted by molar-refractivity contribution is 7.91. The molecule has 13 heavy (non-hydrogen) atoms. The van der Waals surface area contributed by atoms with Gasteiger partial charge in [-0.2, -0.15) is 4.31 Å². The van der Waals surface area contributed by atoms with E-state index in [1.165, 1.54) is 18.4 Å². The quantitative estimate of drug-likeness (QED) is 0.705. The van der Waals surface area contributed by atoms with Crippen LogP contribution in [0.1, 0.15) is 0 Å². The van der Waals surface area contributed by atoms with Gasteiger partial charge in [0.1, 0.15) is 4.21 Å². The summed E-state index contributed by atoms with van der Waals surface area (Å²) in [6.07, 6.45) is 5.03. The molecule has 0 fully saturated rings. The number of hydrogen-bond donors (Lipinski definition) is 0. The van der Waals surface area contributed by atoms with Crippen LogP contribution >= 0.6 is 11.3 Å². The van der Waals surface area contributed by atoms with Crippen LogP contribution in [0.4, 0.5) is 0 Å². The van der Waals surface area contributed by atoms with Crippen LogP contribution in [-0.2, 0) is 10.0 Å². The summed E-state index contributed by atoms with van der Waals surface area (Å²) >= 11 is 1.19. The Kier molecular flexibility index (Phi) is 3.09. The summed E-state index contributed by atoms with van der Waals surface area (Å²) < 4.78 is 24.7. The van der Waals surface area contributed by atoms with E-state index >= 15 is 0 Å². The van der Waals surface area contributed by atoms with Crippen molar-refractivity contribution in [3.05, 3.63) is 17.5 Å². The number of terminal acetylenes is 1. The van der Waals surface area contributed by atoms with Crippen LogP contribution in [0, 0.1) is 12.3 Å². The summed E-state index contributed by atoms with van der Waals surface area (Å²) in [4.78, 5) is 0. The van der Waals surface area contributed by atoms with Crippen molar-refractivity contribution in [2.24, 2.45) is 0 Å². The first-order chi connectivity index (χ1) is 6.09. The summed E-state index contributed by atoms with van der Waals surface area (Å²) in [5.41, 5.74) is 0. The predicted octanol–water partition coefficient (Wildman–Crippen LogP) is 1.00. The Morgan fingerprint density at radius 2 is 2.38 bits per heavy atom. The lowest BCUT2D eigenvalue weighted by molar-refractivity contribution is 0.505. The third-order valence-corrected chi connectivity index (χ3v) is 4.65. The minimum atomic E-state index is -3.35. The van der Waals surface area contributed by atoms with Gasteiger partial charge in [-0.15, -0.1) is 17.8 Å². The van der Waals surface area contributed by atoms with E-state index in [1.54, 1.807) is 17.5 Å². The Labute approximate surface area is 82.1 Å². The molecule has 3 nitrogen and oxygen atoms in total. The van der Waals surface area contributed by atoms with E-state index in [1.807, 2.05) is 0 Å². The average Bonchev–Trinajstić information content (AvgIpc) is 2.56. The molecule has 0 N–H and O–H groups in total. The molecule has 0 aliphatic carbocycles. The molecule has 0 bridgehead atoms. The smallest absolute Gasteiger partial charge is 0.206 e. The molecule has 0 unspecified atom stereocenters. The molecule has 1 heterocycles. The van der Waals surface area contributed by atoms with Crippen molar-refractivity contribution in [2.45, 2.75) is 4.21 Å². The van der Waals surface area contributed by atoms with Gasteiger partial charge in [-0.3, -0.25) is 0 Å². The lowest BCUT2D eigenvalue weighted by atomic mass is 10.7. The first-order valence-electron chi connectivity index (χ1n) is 3.52. The van der Waals surface area contributed by atoms with E-state index < -0.39 is 10.0 Å². The lowest BCUT2D eigenvalue weighted by Crippen LogP contribution is -2.26. The van der Waals surface area contributed by atoms with Crippen LogP contribution in [0.5, 0.6) is 0 Å². The van der Waals surface area contributed by atoms with Crippen LogP contribution in [0.3, 0.4) is 0 Å². The Hall–Kier alpha value is -0.830. The maximum Gasteiger partial charge on any atom is 0.253 e. The van der Waals surface area contributed by atoms with Crippen LogP contribution in [0.2, 0.25) is 0 Å². The average molecular weight is 215 g/mol. The summed E-state index contributed by atoms with van der Waals surface area (Å²) in [5.74, 6) is 2.29. The van der Waals surface area contributed by atoms with Gasteiger partial charge < -0.3 is 0 Å². The summed E-state index contributed by atoms with van der Waals surface area (Å²) in [7, 11) is -1.88. The van der Waals surface area contributed by atoms with Gasteiger partial charge in [-0.1, -0.05) is 12.0 Å². The molecule has 0 aromatic carbocycles. The molecule has 0 amide bonds. The highest BCUT2D eigenvalue weighted by Crippen LogP contribution is 2.19. The zero-order valence-corrected chi connectivity index (χ0v) is 8.73. The van der Waals surface area contributed by atoms with E-state index in [-0.39, 0.29) is 6.54 Å². The summed E-state index contributed by atoms with van der Waals surface area (Å²) in [6.45, 7) is 0.0975. The van der Waals surface area contributed by atoms with Crippen molar-refractivity contribution in [1.29, 1.82) is 0 Å². The lowest BCUT2D eigenvalue weighted by Gasteiger charge is -2.11. The molecule has 0 atom stereocenters. The van der Waals surface area contributed by atoms with Crippen molar-refractivity contribution in [3.8, 4) is 12.3 Å². The molecule has 5 heteroatoms. The summed E-state index contributed by atoms with van der Waals surface area (Å²) in [5, 5.41) is 1.72. The standard InChI is InChI=1S/C8H9NO2S2/c1-3-6-9(2)13(10,11)8-5-4-7-12-8/h1,4-5,7H,6H2,2H3. The molecule has 0 saturated carbocycles. The highest BCUT2D eigenvalue weighted by atomic mass is 32.2. The second-order valence-electron chi connectivity index (χ2n) is 2.40. The van der Waals surface area contributed by atoms with Crippen molar-refractivity contribution in [2.75, 3.05) is 13.6 Å². The Bertz CT molecular complexity index is 400. The van der Waals surface area contributed by atoms with Gasteiger partial charge in [-0.05, 0) is 11.4 Å². The number of thiophene rings is 1. The van der Waals surface area contributed by atoms with Crippen molar-refractivity contribution < 1.29 is 8.42 Å². The Balaban J connectivity index is 2.98. The normalized spacial score (nSPS) is 11.5. The van der Waals surface area contributed by atoms with Gasteiger partial charge in [0.15, 0.2) is 0 Å². The fourth-order valence-electron chi connectivity index (χ4n) is 0.777. The van der Waals surface area contributed by atoms with E-state index in [0.29, 0.717) is 4.21 Å². The van der Waals surface area contributed by atoms with Crippen molar-refractivity contribution in [1.82, 2.24) is 4.31 Å². The van der Waals surface area contributed by atoms with E-state index in [0.717, 1.165) is 4.31 Å². The predicted molar refractivity (Wildman–Crippen MR) is 53.0 cm³/mol. The number of sulfonamides is 1. The van der Waals surface area contributed by atoms with Crippen LogP contribution < -0.4 is 0 Å². The Morgan fingerprint density at radius 1 is 1.69 bits per heavy atom. The fraction of sp³-hybridized carbons (Fsp3) is 0.250. The SMILES string of the molecule is C#CCN(C)S(=O)(=O)c1cccs1. The third kappa shape index (κ3) is 2.10. The molecule has 1 aromatic rings. The maximum absolute atomic E-state index is 11.6. The van der Waals surface area contributed by atoms with Gasteiger partial charge in [-0.25, -0.2) is 8.42 Å². The molecule has 0 aliphatic heterocycles. The second-order valence-corrected chi connectivity index (χ2v) is 5.62. The molecule has 0 saturated heterocycles. The fourth-order valence-corrected chi connectivity index (χ4v) is 3.06. The molecule has 0 spiro atoms. The number of rotatable bonds is 3.